The van der Waals surface area contributed by atoms with Crippen molar-refractivity contribution < 1.29 is 22.7 Å². The van der Waals surface area contributed by atoms with Crippen LogP contribution in [0.1, 0.15) is 11.1 Å². The number of halogens is 5. The number of ether oxygens (including phenoxy) is 1. The molecule has 1 aliphatic heterocycles. The van der Waals surface area contributed by atoms with Gasteiger partial charge < -0.3 is 10.1 Å². The summed E-state index contributed by atoms with van der Waals surface area (Å²) in [7, 11) is 0. The maximum Gasteiger partial charge on any atom is 0.405 e. The Morgan fingerprint density at radius 1 is 1.07 bits per heavy atom. The van der Waals surface area contributed by atoms with Crippen LogP contribution < -0.4 is 10.1 Å². The molecule has 1 heterocycles. The molecule has 1 saturated heterocycles. The van der Waals surface area contributed by atoms with Gasteiger partial charge in [-0.25, -0.2) is 0 Å². The van der Waals surface area contributed by atoms with Crippen molar-refractivity contribution in [3.05, 3.63) is 63.6 Å². The zero-order valence-corrected chi connectivity index (χ0v) is 16.8. The molecule has 29 heavy (non-hydrogen) atoms. The third-order valence-electron chi connectivity index (χ3n) is 4.45. The Kier molecular flexibility index (Phi) is 6.93. The second-order valence-electron chi connectivity index (χ2n) is 6.93. The molecule has 0 spiro atoms. The number of benzene rings is 2. The molecule has 0 atom stereocenters. The first-order valence-corrected chi connectivity index (χ1v) is 9.67. The van der Waals surface area contributed by atoms with Crippen LogP contribution in [0.5, 0.6) is 5.75 Å². The third-order valence-corrected chi connectivity index (χ3v) is 4.88. The molecule has 2 aromatic carbocycles. The van der Waals surface area contributed by atoms with Gasteiger partial charge in [0.2, 0.25) is 5.91 Å². The van der Waals surface area contributed by atoms with E-state index >= 15 is 0 Å². The minimum atomic E-state index is -4.39. The van der Waals surface area contributed by atoms with Gasteiger partial charge in [-0.1, -0.05) is 35.3 Å². The summed E-state index contributed by atoms with van der Waals surface area (Å²) >= 11 is 11.9. The summed E-state index contributed by atoms with van der Waals surface area (Å²) in [5, 5.41) is 3.02. The van der Waals surface area contributed by atoms with Crippen LogP contribution in [0.25, 0.3) is 0 Å². The molecule has 0 radical (unpaired) electrons. The fraction of sp³-hybridized carbons (Fsp3) is 0.350. The number of hydrogen-bond donors (Lipinski definition) is 1. The molecule has 0 unspecified atom stereocenters. The highest BCUT2D eigenvalue weighted by Crippen LogP contribution is 2.23. The van der Waals surface area contributed by atoms with E-state index < -0.39 is 24.5 Å². The summed E-state index contributed by atoms with van der Waals surface area (Å²) in [4.78, 5) is 13.7. The fourth-order valence-electron chi connectivity index (χ4n) is 3.01. The lowest BCUT2D eigenvalue weighted by atomic mass is 9.98. The molecule has 3 rings (SSSR count). The van der Waals surface area contributed by atoms with E-state index in [0.717, 1.165) is 11.1 Å². The monoisotopic (exact) mass is 446 g/mol. The van der Waals surface area contributed by atoms with E-state index in [2.05, 4.69) is 0 Å². The van der Waals surface area contributed by atoms with E-state index in [-0.39, 0.29) is 0 Å². The predicted octanol–water partition coefficient (Wildman–Crippen LogP) is 4.68. The largest absolute Gasteiger partial charge is 0.489 e. The number of alkyl halides is 3. The van der Waals surface area contributed by atoms with Crippen LogP contribution in [-0.2, 0) is 17.9 Å². The fourth-order valence-corrected chi connectivity index (χ4v) is 3.58. The lowest BCUT2D eigenvalue weighted by Crippen LogP contribution is -2.53. The Morgan fingerprint density at radius 2 is 1.69 bits per heavy atom. The Bertz CT molecular complexity index is 834. The van der Waals surface area contributed by atoms with Crippen LogP contribution >= 0.6 is 23.2 Å². The summed E-state index contributed by atoms with van der Waals surface area (Å²) in [5.74, 6) is -0.259. The van der Waals surface area contributed by atoms with E-state index in [1.165, 1.54) is 0 Å². The van der Waals surface area contributed by atoms with Gasteiger partial charge in [-0.15, -0.1) is 0 Å². The Balaban J connectivity index is 1.41. The minimum absolute atomic E-state index is 0.334. The number of likely N-dealkylation sites (tertiary alicyclic amines) is 1. The lowest BCUT2D eigenvalue weighted by Gasteiger charge is -2.38. The van der Waals surface area contributed by atoms with Crippen molar-refractivity contribution in [2.24, 2.45) is 5.92 Å². The molecule has 0 aliphatic carbocycles. The van der Waals surface area contributed by atoms with Crippen LogP contribution in [0.3, 0.4) is 0 Å². The second kappa shape index (κ2) is 9.24. The molecule has 0 bridgehead atoms. The van der Waals surface area contributed by atoms with Crippen LogP contribution in [-0.4, -0.2) is 36.6 Å². The Hall–Kier alpha value is -1.96. The van der Waals surface area contributed by atoms with Crippen molar-refractivity contribution in [2.45, 2.75) is 19.3 Å². The van der Waals surface area contributed by atoms with Crippen molar-refractivity contribution in [1.82, 2.24) is 10.2 Å². The zero-order valence-electron chi connectivity index (χ0n) is 15.3. The highest BCUT2D eigenvalue weighted by Gasteiger charge is 2.35. The third kappa shape index (κ3) is 6.80. The number of nitrogens with one attached hydrogen (secondary N) is 1. The number of rotatable bonds is 7. The summed E-state index contributed by atoms with van der Waals surface area (Å²) in [6.07, 6.45) is -4.39. The normalized spacial score (nSPS) is 15.1. The molecule has 156 valence electrons. The Labute approximate surface area is 176 Å². The van der Waals surface area contributed by atoms with Gasteiger partial charge in [0.15, 0.2) is 0 Å². The highest BCUT2D eigenvalue weighted by atomic mass is 35.5. The van der Waals surface area contributed by atoms with Crippen LogP contribution in [0.15, 0.2) is 42.5 Å². The maximum atomic E-state index is 12.1. The van der Waals surface area contributed by atoms with E-state index in [4.69, 9.17) is 27.9 Å². The summed E-state index contributed by atoms with van der Waals surface area (Å²) in [6.45, 7) is 0.549. The number of carbonyl (C=O) groups excluding carboxylic acids is 1. The first-order valence-electron chi connectivity index (χ1n) is 8.91. The molecule has 1 amide bonds. The summed E-state index contributed by atoms with van der Waals surface area (Å²) in [5.41, 5.74) is 1.89. The number of carbonyl (C=O) groups is 1. The van der Waals surface area contributed by atoms with Crippen LogP contribution in [0.2, 0.25) is 10.0 Å². The van der Waals surface area contributed by atoms with Gasteiger partial charge in [-0.2, -0.15) is 13.2 Å². The molecule has 4 nitrogen and oxygen atoms in total. The van der Waals surface area contributed by atoms with E-state index in [9.17, 15) is 18.0 Å². The SMILES string of the molecule is O=C(NCC(F)(F)F)C1CN(Cc2ccc(OCc3cc(Cl)cc(Cl)c3)cc2)C1. The van der Waals surface area contributed by atoms with Gasteiger partial charge in [-0.3, -0.25) is 9.69 Å². The summed E-state index contributed by atoms with van der Waals surface area (Å²) in [6, 6.07) is 12.7. The highest BCUT2D eigenvalue weighted by molar-refractivity contribution is 6.34. The lowest BCUT2D eigenvalue weighted by molar-refractivity contribution is -0.144. The molecule has 1 fully saturated rings. The minimum Gasteiger partial charge on any atom is -0.489 e. The average molecular weight is 447 g/mol. The van der Waals surface area contributed by atoms with Crippen molar-refractivity contribution in [2.75, 3.05) is 19.6 Å². The van der Waals surface area contributed by atoms with E-state index in [1.807, 2.05) is 34.5 Å². The second-order valence-corrected chi connectivity index (χ2v) is 7.81. The first kappa shape index (κ1) is 21.7. The number of amides is 1. The molecule has 9 heteroatoms. The smallest absolute Gasteiger partial charge is 0.405 e. The van der Waals surface area contributed by atoms with E-state index in [1.54, 1.807) is 18.2 Å². The van der Waals surface area contributed by atoms with E-state index in [0.29, 0.717) is 42.0 Å². The summed E-state index contributed by atoms with van der Waals surface area (Å²) < 4.78 is 42.1. The van der Waals surface area contributed by atoms with Gasteiger partial charge in [0.05, 0.1) is 5.92 Å². The van der Waals surface area contributed by atoms with Crippen LogP contribution in [0, 0.1) is 5.92 Å². The number of hydrogen-bond acceptors (Lipinski definition) is 3. The average Bonchev–Trinajstić information content (AvgIpc) is 2.60. The van der Waals surface area contributed by atoms with Crippen LogP contribution in [0.4, 0.5) is 13.2 Å². The molecular formula is C20H19Cl2F3N2O2. The molecule has 2 aromatic rings. The maximum absolute atomic E-state index is 12.1. The van der Waals surface area contributed by atoms with Crippen molar-refractivity contribution in [3.8, 4) is 5.75 Å². The van der Waals surface area contributed by atoms with Crippen molar-refractivity contribution in [1.29, 1.82) is 0 Å². The van der Waals surface area contributed by atoms with Crippen molar-refractivity contribution in [3.63, 3.8) is 0 Å². The Morgan fingerprint density at radius 3 is 2.28 bits per heavy atom. The molecule has 1 N–H and O–H groups in total. The topological polar surface area (TPSA) is 41.6 Å². The van der Waals surface area contributed by atoms with Crippen molar-refractivity contribution >= 4 is 29.1 Å². The zero-order chi connectivity index (χ0) is 21.0. The van der Waals surface area contributed by atoms with Gasteiger partial charge >= 0.3 is 6.18 Å². The van der Waals surface area contributed by atoms with Gasteiger partial charge in [0.25, 0.3) is 0 Å². The molecule has 0 aromatic heterocycles. The number of nitrogens with zero attached hydrogens (tertiary/aromatic N) is 1. The van der Waals surface area contributed by atoms with Gasteiger partial charge in [0, 0.05) is 29.7 Å². The molecule has 0 saturated carbocycles. The quantitative estimate of drug-likeness (QED) is 0.670. The molecular weight excluding hydrogens is 428 g/mol. The standard InChI is InChI=1S/C20H19Cl2F3N2O2/c21-16-5-14(6-17(22)7-16)11-29-18-3-1-13(2-4-18)8-27-9-15(10-27)19(28)26-12-20(23,24)25/h1-7,15H,8-12H2,(H,26,28). The van der Waals surface area contributed by atoms with Gasteiger partial charge in [-0.05, 0) is 41.5 Å². The molecule has 1 aliphatic rings. The van der Waals surface area contributed by atoms with Gasteiger partial charge in [0.1, 0.15) is 18.9 Å². The first-order chi connectivity index (χ1) is 13.7. The predicted molar refractivity (Wildman–Crippen MR) is 105 cm³/mol.